The third-order valence-corrected chi connectivity index (χ3v) is 3.20. The van der Waals surface area contributed by atoms with E-state index in [-0.39, 0.29) is 17.2 Å². The first-order chi connectivity index (χ1) is 10.7. The minimum absolute atomic E-state index is 0.0984. The monoisotopic (exact) mass is 345 g/mol. The molecular weight excluding hydrogens is 335 g/mol. The molecule has 3 N–H and O–H groups in total. The Balaban J connectivity index is 2.19. The highest BCUT2D eigenvalue weighted by Gasteiger charge is 2.34. The van der Waals surface area contributed by atoms with Crippen molar-refractivity contribution >= 4 is 23.2 Å². The van der Waals surface area contributed by atoms with Gasteiger partial charge in [-0.25, -0.2) is 0 Å². The van der Waals surface area contributed by atoms with E-state index in [2.05, 4.69) is 5.32 Å². The second-order valence-electron chi connectivity index (χ2n) is 4.74. The molecule has 2 rings (SSSR count). The van der Waals surface area contributed by atoms with Crippen LogP contribution >= 0.6 is 11.6 Å². The molecule has 0 bridgehead atoms. The Morgan fingerprint density at radius 2 is 1.78 bits per heavy atom. The molecule has 0 unspecified atom stereocenters. The Morgan fingerprint density at radius 1 is 1.09 bits per heavy atom. The van der Waals surface area contributed by atoms with E-state index in [4.69, 9.17) is 11.6 Å². The summed E-state index contributed by atoms with van der Waals surface area (Å²) < 4.78 is 38.8. The number of aromatic hydroxyl groups is 2. The van der Waals surface area contributed by atoms with Crippen LogP contribution in [0, 0.1) is 0 Å². The van der Waals surface area contributed by atoms with Crippen LogP contribution in [0.2, 0.25) is 5.02 Å². The van der Waals surface area contributed by atoms with Crippen LogP contribution in [0.1, 0.15) is 11.1 Å². The van der Waals surface area contributed by atoms with Crippen LogP contribution in [0.15, 0.2) is 36.4 Å². The summed E-state index contributed by atoms with van der Waals surface area (Å²) in [4.78, 5) is 11.9. The topological polar surface area (TPSA) is 69.6 Å². The molecule has 2 aromatic carbocycles. The number of alkyl halides is 3. The Hall–Kier alpha value is -2.41. The molecule has 0 aliphatic rings. The van der Waals surface area contributed by atoms with Gasteiger partial charge < -0.3 is 15.5 Å². The van der Waals surface area contributed by atoms with Gasteiger partial charge in [-0.1, -0.05) is 17.7 Å². The van der Waals surface area contributed by atoms with Crippen molar-refractivity contribution in [2.45, 2.75) is 12.6 Å². The molecule has 2 aromatic rings. The average molecular weight is 346 g/mol. The molecule has 0 saturated heterocycles. The van der Waals surface area contributed by atoms with Gasteiger partial charge >= 0.3 is 6.18 Å². The van der Waals surface area contributed by atoms with Crippen LogP contribution in [0.5, 0.6) is 11.5 Å². The molecular formula is C15H11ClF3NO3. The maximum absolute atomic E-state index is 12.9. The summed E-state index contributed by atoms with van der Waals surface area (Å²) in [5.74, 6) is -1.48. The number of amides is 1. The van der Waals surface area contributed by atoms with Crippen LogP contribution < -0.4 is 5.32 Å². The summed E-state index contributed by atoms with van der Waals surface area (Å²) in [7, 11) is 0. The van der Waals surface area contributed by atoms with Gasteiger partial charge in [0.25, 0.3) is 0 Å². The normalized spacial score (nSPS) is 11.3. The SMILES string of the molecule is O=C(Cc1ccc(O)c(O)c1)Nc1ccc(Cl)cc1C(F)(F)F. The summed E-state index contributed by atoms with van der Waals surface area (Å²) in [6.07, 6.45) is -4.93. The van der Waals surface area contributed by atoms with Crippen molar-refractivity contribution < 1.29 is 28.2 Å². The Kier molecular flexibility index (Phi) is 4.70. The number of phenolic OH excluding ortho intramolecular Hbond substituents is 2. The Labute approximate surface area is 134 Å². The maximum atomic E-state index is 12.9. The smallest absolute Gasteiger partial charge is 0.418 e. The lowest BCUT2D eigenvalue weighted by Crippen LogP contribution is -2.18. The van der Waals surface area contributed by atoms with Crippen molar-refractivity contribution in [3.63, 3.8) is 0 Å². The predicted octanol–water partition coefficient (Wildman–Crippen LogP) is 3.95. The summed E-state index contributed by atoms with van der Waals surface area (Å²) in [6, 6.07) is 6.74. The summed E-state index contributed by atoms with van der Waals surface area (Å²) >= 11 is 5.56. The van der Waals surface area contributed by atoms with Crippen molar-refractivity contribution in [3.05, 3.63) is 52.5 Å². The van der Waals surface area contributed by atoms with E-state index in [9.17, 15) is 28.2 Å². The predicted molar refractivity (Wildman–Crippen MR) is 78.6 cm³/mol. The number of carbonyl (C=O) groups is 1. The lowest BCUT2D eigenvalue weighted by atomic mass is 10.1. The van der Waals surface area contributed by atoms with E-state index in [0.29, 0.717) is 5.56 Å². The van der Waals surface area contributed by atoms with Crippen LogP contribution in [0.4, 0.5) is 18.9 Å². The van der Waals surface area contributed by atoms with E-state index < -0.39 is 29.1 Å². The van der Waals surface area contributed by atoms with Crippen LogP contribution in [-0.2, 0) is 17.4 Å². The van der Waals surface area contributed by atoms with Gasteiger partial charge in [-0.3, -0.25) is 4.79 Å². The lowest BCUT2D eigenvalue weighted by molar-refractivity contribution is -0.137. The number of phenols is 2. The molecule has 122 valence electrons. The third-order valence-electron chi connectivity index (χ3n) is 2.97. The Bertz CT molecular complexity index is 747. The molecule has 0 fully saturated rings. The third kappa shape index (κ3) is 4.29. The number of rotatable bonds is 3. The van der Waals surface area contributed by atoms with Gasteiger partial charge in [0.05, 0.1) is 17.7 Å². The highest BCUT2D eigenvalue weighted by Crippen LogP contribution is 2.36. The minimum Gasteiger partial charge on any atom is -0.504 e. The van der Waals surface area contributed by atoms with Gasteiger partial charge in [0.2, 0.25) is 5.91 Å². The van der Waals surface area contributed by atoms with Crippen molar-refractivity contribution in [2.75, 3.05) is 5.32 Å². The lowest BCUT2D eigenvalue weighted by Gasteiger charge is -2.14. The number of carbonyl (C=O) groups excluding carboxylic acids is 1. The average Bonchev–Trinajstić information content (AvgIpc) is 2.44. The molecule has 0 aliphatic carbocycles. The largest absolute Gasteiger partial charge is 0.504 e. The molecule has 23 heavy (non-hydrogen) atoms. The first-order valence-electron chi connectivity index (χ1n) is 6.34. The van der Waals surface area contributed by atoms with E-state index in [1.807, 2.05) is 0 Å². The van der Waals surface area contributed by atoms with Crippen molar-refractivity contribution in [1.82, 2.24) is 0 Å². The molecule has 0 aromatic heterocycles. The molecule has 4 nitrogen and oxygen atoms in total. The van der Waals surface area contributed by atoms with Gasteiger partial charge in [-0.05, 0) is 35.9 Å². The van der Waals surface area contributed by atoms with Gasteiger partial charge in [-0.15, -0.1) is 0 Å². The second-order valence-corrected chi connectivity index (χ2v) is 5.17. The molecule has 0 aliphatic heterocycles. The summed E-state index contributed by atoms with van der Waals surface area (Å²) in [5, 5.41) is 20.6. The van der Waals surface area contributed by atoms with Gasteiger partial charge in [0.1, 0.15) is 0 Å². The fraction of sp³-hybridized carbons (Fsp3) is 0.133. The van der Waals surface area contributed by atoms with Crippen LogP contribution in [0.25, 0.3) is 0 Å². The van der Waals surface area contributed by atoms with E-state index >= 15 is 0 Å². The zero-order valence-electron chi connectivity index (χ0n) is 11.5. The quantitative estimate of drug-likeness (QED) is 0.738. The molecule has 0 heterocycles. The minimum atomic E-state index is -4.66. The van der Waals surface area contributed by atoms with E-state index in [1.54, 1.807) is 0 Å². The van der Waals surface area contributed by atoms with Gasteiger partial charge in [0, 0.05) is 5.02 Å². The summed E-state index contributed by atoms with van der Waals surface area (Å²) in [6.45, 7) is 0. The zero-order valence-corrected chi connectivity index (χ0v) is 12.2. The summed E-state index contributed by atoms with van der Waals surface area (Å²) in [5.41, 5.74) is -1.12. The molecule has 1 amide bonds. The molecule has 8 heteroatoms. The van der Waals surface area contributed by atoms with Crippen LogP contribution in [-0.4, -0.2) is 16.1 Å². The zero-order chi connectivity index (χ0) is 17.2. The second kappa shape index (κ2) is 6.37. The van der Waals surface area contributed by atoms with E-state index in [0.717, 1.165) is 18.2 Å². The number of anilines is 1. The maximum Gasteiger partial charge on any atom is 0.418 e. The van der Waals surface area contributed by atoms with Crippen molar-refractivity contribution in [1.29, 1.82) is 0 Å². The van der Waals surface area contributed by atoms with E-state index in [1.165, 1.54) is 18.2 Å². The molecule has 0 spiro atoms. The number of hydrogen-bond acceptors (Lipinski definition) is 3. The Morgan fingerprint density at radius 3 is 2.39 bits per heavy atom. The number of halogens is 4. The first-order valence-corrected chi connectivity index (χ1v) is 6.72. The van der Waals surface area contributed by atoms with Gasteiger partial charge in [0.15, 0.2) is 11.5 Å². The fourth-order valence-corrected chi connectivity index (χ4v) is 2.09. The fourth-order valence-electron chi connectivity index (χ4n) is 1.92. The highest BCUT2D eigenvalue weighted by molar-refractivity contribution is 6.30. The number of nitrogens with one attached hydrogen (secondary N) is 1. The number of benzene rings is 2. The number of hydrogen-bond donors (Lipinski definition) is 3. The molecule has 0 radical (unpaired) electrons. The standard InChI is InChI=1S/C15H11ClF3NO3/c16-9-2-3-11(10(7-9)15(17,18)19)20-14(23)6-8-1-4-12(21)13(22)5-8/h1-5,7,21-22H,6H2,(H,20,23). The van der Waals surface area contributed by atoms with Crippen molar-refractivity contribution in [3.8, 4) is 11.5 Å². The molecule has 0 saturated carbocycles. The van der Waals surface area contributed by atoms with Crippen molar-refractivity contribution in [2.24, 2.45) is 0 Å². The first kappa shape index (κ1) is 17.0. The van der Waals surface area contributed by atoms with Crippen LogP contribution in [0.3, 0.4) is 0 Å². The molecule has 0 atom stereocenters. The highest BCUT2D eigenvalue weighted by atomic mass is 35.5. The van der Waals surface area contributed by atoms with Gasteiger partial charge in [-0.2, -0.15) is 13.2 Å².